The van der Waals surface area contributed by atoms with E-state index in [4.69, 9.17) is 0 Å². The fourth-order valence-electron chi connectivity index (χ4n) is 1.15. The van der Waals surface area contributed by atoms with Gasteiger partial charge in [-0.25, -0.2) is 0 Å². The van der Waals surface area contributed by atoms with Gasteiger partial charge in [0.15, 0.2) is 0 Å². The standard InChI is InChI=1S/C10H10S3/c1-2-11-9-5-7-13-10(9)8-4-3-6-12-8/h3-7H,2H2,1H3. The average Bonchev–Trinajstić information content (AvgIpc) is 2.71. The van der Waals surface area contributed by atoms with Crippen LogP contribution in [-0.2, 0) is 0 Å². The minimum Gasteiger partial charge on any atom is -0.143 e. The summed E-state index contributed by atoms with van der Waals surface area (Å²) in [5.41, 5.74) is 0. The molecule has 2 heterocycles. The fourth-order valence-corrected chi connectivity index (χ4v) is 4.02. The monoisotopic (exact) mass is 226 g/mol. The van der Waals surface area contributed by atoms with Crippen LogP contribution in [0.2, 0.25) is 0 Å². The Bertz CT molecular complexity index is 359. The summed E-state index contributed by atoms with van der Waals surface area (Å²) >= 11 is 5.58. The Hall–Kier alpha value is -0.250. The van der Waals surface area contributed by atoms with Crippen molar-refractivity contribution in [1.82, 2.24) is 0 Å². The molecule has 0 aromatic carbocycles. The van der Waals surface area contributed by atoms with Crippen LogP contribution >= 0.6 is 34.4 Å². The predicted octanol–water partition coefficient (Wildman–Crippen LogP) is 4.59. The van der Waals surface area contributed by atoms with E-state index in [0.29, 0.717) is 0 Å². The maximum atomic E-state index is 2.22. The zero-order valence-corrected chi connectivity index (χ0v) is 9.77. The second-order valence-corrected chi connectivity index (χ2v) is 5.69. The van der Waals surface area contributed by atoms with Crippen molar-refractivity contribution in [1.29, 1.82) is 0 Å². The van der Waals surface area contributed by atoms with Crippen molar-refractivity contribution in [3.63, 3.8) is 0 Å². The third-order valence-corrected chi connectivity index (χ3v) is 4.71. The Kier molecular flexibility index (Phi) is 3.09. The van der Waals surface area contributed by atoms with Crippen LogP contribution in [0.25, 0.3) is 9.75 Å². The third-order valence-electron chi connectivity index (χ3n) is 1.67. The molecule has 3 heteroatoms. The molecule has 0 amide bonds. The zero-order chi connectivity index (χ0) is 9.10. The quantitative estimate of drug-likeness (QED) is 0.690. The van der Waals surface area contributed by atoms with E-state index in [2.05, 4.69) is 35.9 Å². The van der Waals surface area contributed by atoms with Crippen LogP contribution in [0.15, 0.2) is 33.9 Å². The van der Waals surface area contributed by atoms with E-state index in [-0.39, 0.29) is 0 Å². The minimum absolute atomic E-state index is 1.15. The van der Waals surface area contributed by atoms with Crippen molar-refractivity contribution >= 4 is 34.4 Å². The molecule has 0 unspecified atom stereocenters. The Balaban J connectivity index is 2.35. The second kappa shape index (κ2) is 4.31. The van der Waals surface area contributed by atoms with Crippen LogP contribution in [0, 0.1) is 0 Å². The summed E-state index contributed by atoms with van der Waals surface area (Å²) < 4.78 is 0. The van der Waals surface area contributed by atoms with Gasteiger partial charge in [-0.3, -0.25) is 0 Å². The molecular weight excluding hydrogens is 216 g/mol. The van der Waals surface area contributed by atoms with E-state index in [1.54, 1.807) is 0 Å². The van der Waals surface area contributed by atoms with Crippen molar-refractivity contribution in [2.45, 2.75) is 11.8 Å². The zero-order valence-electron chi connectivity index (χ0n) is 7.32. The van der Waals surface area contributed by atoms with Crippen LogP contribution in [-0.4, -0.2) is 5.75 Å². The van der Waals surface area contributed by atoms with Gasteiger partial charge in [-0.1, -0.05) is 13.0 Å². The Labute approximate surface area is 90.6 Å². The van der Waals surface area contributed by atoms with Crippen molar-refractivity contribution < 1.29 is 0 Å². The summed E-state index contributed by atoms with van der Waals surface area (Å²) in [4.78, 5) is 4.25. The predicted molar refractivity (Wildman–Crippen MR) is 64.0 cm³/mol. The van der Waals surface area contributed by atoms with E-state index in [1.165, 1.54) is 14.6 Å². The van der Waals surface area contributed by atoms with Gasteiger partial charge in [0.2, 0.25) is 0 Å². The summed E-state index contributed by atoms with van der Waals surface area (Å²) in [5, 5.41) is 4.31. The van der Waals surface area contributed by atoms with Gasteiger partial charge in [-0.05, 0) is 28.6 Å². The summed E-state index contributed by atoms with van der Waals surface area (Å²) in [5.74, 6) is 1.15. The normalized spacial score (nSPS) is 10.5. The van der Waals surface area contributed by atoms with E-state index < -0.39 is 0 Å². The molecule has 0 nitrogen and oxygen atoms in total. The van der Waals surface area contributed by atoms with Crippen molar-refractivity contribution in [3.05, 3.63) is 29.0 Å². The molecule has 0 bridgehead atoms. The largest absolute Gasteiger partial charge is 0.143 e. The van der Waals surface area contributed by atoms with Gasteiger partial charge in [0, 0.05) is 9.77 Å². The van der Waals surface area contributed by atoms with Gasteiger partial charge in [-0.15, -0.1) is 34.4 Å². The number of hydrogen-bond donors (Lipinski definition) is 0. The molecule has 0 aliphatic rings. The highest BCUT2D eigenvalue weighted by Crippen LogP contribution is 2.38. The molecule has 2 aromatic rings. The molecule has 0 spiro atoms. The van der Waals surface area contributed by atoms with Crippen LogP contribution in [0.5, 0.6) is 0 Å². The summed E-state index contributed by atoms with van der Waals surface area (Å²) in [7, 11) is 0. The lowest BCUT2D eigenvalue weighted by Crippen LogP contribution is -1.70. The van der Waals surface area contributed by atoms with E-state index in [9.17, 15) is 0 Å². The molecule has 13 heavy (non-hydrogen) atoms. The molecule has 0 fully saturated rings. The van der Waals surface area contributed by atoms with E-state index >= 15 is 0 Å². The van der Waals surface area contributed by atoms with Crippen LogP contribution < -0.4 is 0 Å². The maximum Gasteiger partial charge on any atom is 0.0578 e. The molecule has 0 saturated heterocycles. The SMILES string of the molecule is CCSc1ccsc1-c1cccs1. The first-order chi connectivity index (χ1) is 6.42. The first-order valence-electron chi connectivity index (χ1n) is 4.16. The highest BCUT2D eigenvalue weighted by atomic mass is 32.2. The molecule has 0 atom stereocenters. The summed E-state index contributed by atoms with van der Waals surface area (Å²) in [6.07, 6.45) is 0. The van der Waals surface area contributed by atoms with Gasteiger partial charge in [-0.2, -0.15) is 0 Å². The molecule has 0 N–H and O–H groups in total. The van der Waals surface area contributed by atoms with Crippen molar-refractivity contribution in [2.24, 2.45) is 0 Å². The van der Waals surface area contributed by atoms with Gasteiger partial charge in [0.05, 0.1) is 4.88 Å². The molecule has 0 aliphatic heterocycles. The van der Waals surface area contributed by atoms with Gasteiger partial charge in [0.25, 0.3) is 0 Å². The summed E-state index contributed by atoms with van der Waals surface area (Å²) in [6.45, 7) is 2.19. The number of hydrogen-bond acceptors (Lipinski definition) is 3. The lowest BCUT2D eigenvalue weighted by molar-refractivity contribution is 1.49. The summed E-state index contributed by atoms with van der Waals surface area (Å²) in [6, 6.07) is 6.52. The highest BCUT2D eigenvalue weighted by molar-refractivity contribution is 7.99. The number of thioether (sulfide) groups is 1. The van der Waals surface area contributed by atoms with Gasteiger partial charge in [0.1, 0.15) is 0 Å². The molecule has 2 aromatic heterocycles. The first kappa shape index (κ1) is 9.31. The topological polar surface area (TPSA) is 0 Å². The Morgan fingerprint density at radius 3 is 2.85 bits per heavy atom. The minimum atomic E-state index is 1.15. The molecule has 2 rings (SSSR count). The van der Waals surface area contributed by atoms with Crippen molar-refractivity contribution in [3.8, 4) is 9.75 Å². The molecule has 0 saturated carbocycles. The molecule has 0 aliphatic carbocycles. The smallest absolute Gasteiger partial charge is 0.0578 e. The molecule has 0 radical (unpaired) electrons. The van der Waals surface area contributed by atoms with Gasteiger partial charge < -0.3 is 0 Å². The van der Waals surface area contributed by atoms with E-state index in [0.717, 1.165) is 5.75 Å². The number of rotatable bonds is 3. The highest BCUT2D eigenvalue weighted by Gasteiger charge is 2.06. The third kappa shape index (κ3) is 1.98. The van der Waals surface area contributed by atoms with Crippen LogP contribution in [0.4, 0.5) is 0 Å². The maximum absolute atomic E-state index is 2.22. The Morgan fingerprint density at radius 1 is 1.23 bits per heavy atom. The second-order valence-electron chi connectivity index (χ2n) is 2.52. The fraction of sp³-hybridized carbons (Fsp3) is 0.200. The lowest BCUT2D eigenvalue weighted by atomic mass is 10.4. The van der Waals surface area contributed by atoms with E-state index in [1.807, 2.05) is 34.4 Å². The number of thiophene rings is 2. The average molecular weight is 226 g/mol. The van der Waals surface area contributed by atoms with Crippen LogP contribution in [0.3, 0.4) is 0 Å². The molecular formula is C10H10S3. The van der Waals surface area contributed by atoms with Gasteiger partial charge >= 0.3 is 0 Å². The Morgan fingerprint density at radius 2 is 2.15 bits per heavy atom. The van der Waals surface area contributed by atoms with Crippen molar-refractivity contribution in [2.75, 3.05) is 5.75 Å². The molecule has 68 valence electrons. The lowest BCUT2D eigenvalue weighted by Gasteiger charge is -1.97. The first-order valence-corrected chi connectivity index (χ1v) is 6.90. The van der Waals surface area contributed by atoms with Crippen LogP contribution in [0.1, 0.15) is 6.92 Å².